The predicted molar refractivity (Wildman–Crippen MR) is 115 cm³/mol. The van der Waals surface area contributed by atoms with E-state index in [9.17, 15) is 5.26 Å². The maximum atomic E-state index is 10.1. The summed E-state index contributed by atoms with van der Waals surface area (Å²) in [6.45, 7) is 0. The molecule has 0 bridgehead atoms. The predicted octanol–water partition coefficient (Wildman–Crippen LogP) is 5.90. The number of benzene rings is 3. The summed E-state index contributed by atoms with van der Waals surface area (Å²) in [6.07, 6.45) is 0. The lowest BCUT2D eigenvalue weighted by Crippen LogP contribution is -1.87. The minimum atomic E-state index is 0.618. The van der Waals surface area contributed by atoms with Crippen LogP contribution in [0.3, 0.4) is 0 Å². The van der Waals surface area contributed by atoms with E-state index in [0.29, 0.717) is 5.56 Å². The number of aromatic nitrogens is 1. The molecule has 0 aliphatic heterocycles. The van der Waals surface area contributed by atoms with Gasteiger partial charge >= 0.3 is 0 Å². The van der Waals surface area contributed by atoms with E-state index < -0.39 is 0 Å². The number of hydrogen-bond donors (Lipinski definition) is 1. The highest BCUT2D eigenvalue weighted by molar-refractivity contribution is 5.92. The van der Waals surface area contributed by atoms with Crippen LogP contribution in [0.1, 0.15) is 5.56 Å². The molecular weight excluding hydrogens is 360 g/mol. The van der Waals surface area contributed by atoms with Crippen molar-refractivity contribution in [1.82, 2.24) is 4.98 Å². The summed E-state index contributed by atoms with van der Waals surface area (Å²) in [5, 5.41) is 10.1. The van der Waals surface area contributed by atoms with Gasteiger partial charge in [0.25, 0.3) is 0 Å². The van der Waals surface area contributed by atoms with Gasteiger partial charge < -0.3 is 14.5 Å². The van der Waals surface area contributed by atoms with E-state index in [4.69, 9.17) is 9.47 Å². The Labute approximate surface area is 170 Å². The standard InChI is InChI=1S/C25H20N2O2/c1-28-20-12-8-17(9-13-20)23-22(16-26)24(18-6-4-3-5-7-18)27-25(23)19-10-14-21(29-2)15-11-19/h3-15,27H,1-2H3. The molecule has 0 amide bonds. The fourth-order valence-corrected chi connectivity index (χ4v) is 3.45. The van der Waals surface area contributed by atoms with Crippen LogP contribution in [0.4, 0.5) is 0 Å². The molecule has 0 saturated heterocycles. The lowest BCUT2D eigenvalue weighted by Gasteiger charge is -2.08. The Balaban J connectivity index is 1.96. The third kappa shape index (κ3) is 3.46. The van der Waals surface area contributed by atoms with Gasteiger partial charge in [-0.3, -0.25) is 0 Å². The molecule has 0 aliphatic carbocycles. The van der Waals surface area contributed by atoms with Crippen LogP contribution in [0.2, 0.25) is 0 Å². The second kappa shape index (κ2) is 7.95. The number of rotatable bonds is 5. The molecule has 0 radical (unpaired) electrons. The van der Waals surface area contributed by atoms with Gasteiger partial charge in [0.2, 0.25) is 0 Å². The lowest BCUT2D eigenvalue weighted by atomic mass is 9.96. The number of nitrogens with zero attached hydrogens (tertiary/aromatic N) is 1. The minimum Gasteiger partial charge on any atom is -0.497 e. The average molecular weight is 380 g/mol. The number of nitriles is 1. The van der Waals surface area contributed by atoms with Crippen LogP contribution < -0.4 is 9.47 Å². The van der Waals surface area contributed by atoms with E-state index in [0.717, 1.165) is 45.1 Å². The van der Waals surface area contributed by atoms with Crippen molar-refractivity contribution in [2.24, 2.45) is 0 Å². The van der Waals surface area contributed by atoms with Crippen molar-refractivity contribution in [3.63, 3.8) is 0 Å². The summed E-state index contributed by atoms with van der Waals surface area (Å²) in [5.41, 5.74) is 6.10. The summed E-state index contributed by atoms with van der Waals surface area (Å²) < 4.78 is 10.6. The SMILES string of the molecule is COc1ccc(-c2[nH]c(-c3ccccc3)c(C#N)c2-c2ccc(OC)cc2)cc1. The van der Waals surface area contributed by atoms with Crippen LogP contribution in [0.25, 0.3) is 33.6 Å². The monoisotopic (exact) mass is 380 g/mol. The molecule has 0 unspecified atom stereocenters. The molecular formula is C25H20N2O2. The minimum absolute atomic E-state index is 0.618. The van der Waals surface area contributed by atoms with Gasteiger partial charge in [-0.15, -0.1) is 0 Å². The summed E-state index contributed by atoms with van der Waals surface area (Å²) in [6, 6.07) is 27.9. The van der Waals surface area contributed by atoms with Crippen LogP contribution >= 0.6 is 0 Å². The van der Waals surface area contributed by atoms with E-state index in [1.165, 1.54) is 0 Å². The Hall–Kier alpha value is -3.97. The van der Waals surface area contributed by atoms with Crippen molar-refractivity contribution < 1.29 is 9.47 Å². The van der Waals surface area contributed by atoms with Gasteiger partial charge in [0.05, 0.1) is 31.2 Å². The Morgan fingerprint density at radius 2 is 1.17 bits per heavy atom. The molecule has 29 heavy (non-hydrogen) atoms. The molecule has 1 heterocycles. The molecule has 4 rings (SSSR count). The molecule has 0 atom stereocenters. The molecule has 0 aliphatic rings. The first-order valence-electron chi connectivity index (χ1n) is 9.25. The Bertz CT molecular complexity index is 1150. The van der Waals surface area contributed by atoms with E-state index >= 15 is 0 Å². The van der Waals surface area contributed by atoms with E-state index in [1.807, 2.05) is 78.9 Å². The van der Waals surface area contributed by atoms with Crippen molar-refractivity contribution in [1.29, 1.82) is 5.26 Å². The number of aromatic amines is 1. The van der Waals surface area contributed by atoms with Gasteiger partial charge in [0.15, 0.2) is 0 Å². The van der Waals surface area contributed by atoms with Crippen molar-refractivity contribution in [3.8, 4) is 51.2 Å². The van der Waals surface area contributed by atoms with Gasteiger partial charge in [-0.1, -0.05) is 42.5 Å². The van der Waals surface area contributed by atoms with E-state index in [1.54, 1.807) is 14.2 Å². The van der Waals surface area contributed by atoms with Crippen LogP contribution in [0, 0.1) is 11.3 Å². The van der Waals surface area contributed by atoms with Crippen molar-refractivity contribution >= 4 is 0 Å². The first kappa shape index (κ1) is 18.4. The number of ether oxygens (including phenoxy) is 2. The van der Waals surface area contributed by atoms with Crippen LogP contribution in [0.5, 0.6) is 11.5 Å². The first-order chi connectivity index (χ1) is 14.2. The molecule has 4 nitrogen and oxygen atoms in total. The molecule has 0 fully saturated rings. The lowest BCUT2D eigenvalue weighted by molar-refractivity contribution is 0.414. The van der Waals surface area contributed by atoms with Gasteiger partial charge in [0.1, 0.15) is 17.6 Å². The first-order valence-corrected chi connectivity index (χ1v) is 9.25. The third-order valence-electron chi connectivity index (χ3n) is 4.93. The Morgan fingerprint density at radius 3 is 1.69 bits per heavy atom. The zero-order valence-corrected chi connectivity index (χ0v) is 16.3. The second-order valence-corrected chi connectivity index (χ2v) is 6.56. The number of methoxy groups -OCH3 is 2. The van der Waals surface area contributed by atoms with Crippen molar-refractivity contribution in [2.45, 2.75) is 0 Å². The smallest absolute Gasteiger partial charge is 0.118 e. The van der Waals surface area contributed by atoms with Gasteiger partial charge in [-0.2, -0.15) is 5.26 Å². The quantitative estimate of drug-likeness (QED) is 0.469. The second-order valence-electron chi connectivity index (χ2n) is 6.56. The molecule has 1 N–H and O–H groups in total. The van der Waals surface area contributed by atoms with E-state index in [2.05, 4.69) is 11.1 Å². The molecule has 0 saturated carbocycles. The normalized spacial score (nSPS) is 10.4. The van der Waals surface area contributed by atoms with E-state index in [-0.39, 0.29) is 0 Å². The fourth-order valence-electron chi connectivity index (χ4n) is 3.45. The molecule has 4 aromatic rings. The zero-order chi connectivity index (χ0) is 20.2. The Morgan fingerprint density at radius 1 is 0.655 bits per heavy atom. The number of nitrogens with one attached hydrogen (secondary N) is 1. The van der Waals surface area contributed by atoms with Crippen molar-refractivity contribution in [3.05, 3.63) is 84.4 Å². The molecule has 4 heteroatoms. The average Bonchev–Trinajstić information content (AvgIpc) is 3.19. The molecule has 3 aromatic carbocycles. The molecule has 1 aromatic heterocycles. The fraction of sp³-hybridized carbons (Fsp3) is 0.0800. The molecule has 142 valence electrons. The van der Waals surface area contributed by atoms with Gasteiger partial charge in [-0.05, 0) is 53.1 Å². The summed E-state index contributed by atoms with van der Waals surface area (Å²) >= 11 is 0. The van der Waals surface area contributed by atoms with Gasteiger partial charge in [0, 0.05) is 5.56 Å². The number of hydrogen-bond acceptors (Lipinski definition) is 3. The zero-order valence-electron chi connectivity index (χ0n) is 16.3. The molecule has 0 spiro atoms. The van der Waals surface area contributed by atoms with Crippen LogP contribution in [0.15, 0.2) is 78.9 Å². The van der Waals surface area contributed by atoms with Crippen LogP contribution in [-0.4, -0.2) is 19.2 Å². The highest BCUT2D eigenvalue weighted by Gasteiger charge is 2.21. The Kier molecular flexibility index (Phi) is 5.05. The van der Waals surface area contributed by atoms with Gasteiger partial charge in [-0.25, -0.2) is 0 Å². The largest absolute Gasteiger partial charge is 0.497 e. The summed E-state index contributed by atoms with van der Waals surface area (Å²) in [5.74, 6) is 1.56. The highest BCUT2D eigenvalue weighted by Crippen LogP contribution is 2.40. The van der Waals surface area contributed by atoms with Crippen LogP contribution in [-0.2, 0) is 0 Å². The summed E-state index contributed by atoms with van der Waals surface area (Å²) in [7, 11) is 3.29. The maximum absolute atomic E-state index is 10.1. The number of H-pyrrole nitrogens is 1. The van der Waals surface area contributed by atoms with Crippen molar-refractivity contribution in [2.75, 3.05) is 14.2 Å². The topological polar surface area (TPSA) is 58.0 Å². The third-order valence-corrected chi connectivity index (χ3v) is 4.93. The summed E-state index contributed by atoms with van der Waals surface area (Å²) in [4.78, 5) is 3.50. The maximum Gasteiger partial charge on any atom is 0.118 e. The highest BCUT2D eigenvalue weighted by atomic mass is 16.5.